The number of benzene rings is 9. The first-order valence-electron chi connectivity index (χ1n) is 34.2. The van der Waals surface area contributed by atoms with Gasteiger partial charge in [-0.15, -0.1) is 13.2 Å². The summed E-state index contributed by atoms with van der Waals surface area (Å²) in [5.41, 5.74) is 4.43. The van der Waals surface area contributed by atoms with E-state index in [0.29, 0.717) is 105 Å². The van der Waals surface area contributed by atoms with E-state index in [4.69, 9.17) is 18.9 Å². The third-order valence-corrected chi connectivity index (χ3v) is 19.2. The molecule has 0 spiro atoms. The number of imide groups is 1. The number of pyridine rings is 1. The van der Waals surface area contributed by atoms with Crippen molar-refractivity contribution in [1.29, 1.82) is 0 Å². The molecule has 0 fully saturated rings. The number of rotatable bonds is 20. The van der Waals surface area contributed by atoms with Crippen molar-refractivity contribution in [2.75, 3.05) is 6.54 Å². The van der Waals surface area contributed by atoms with Gasteiger partial charge >= 0.3 is 0 Å². The van der Waals surface area contributed by atoms with Gasteiger partial charge in [-0.2, -0.15) is 0 Å². The summed E-state index contributed by atoms with van der Waals surface area (Å²) in [5, 5.41) is 5.83. The first-order chi connectivity index (χ1) is 44.6. The number of carbonyl (C=O) groups excluding carboxylic acids is 2. The van der Waals surface area contributed by atoms with Crippen LogP contribution in [-0.4, -0.2) is 27.8 Å². The number of hydrogen-bond donors (Lipinski definition) is 0. The lowest BCUT2D eigenvalue weighted by atomic mass is 9.72. The lowest BCUT2D eigenvalue weighted by Gasteiger charge is -2.33. The minimum Gasteiger partial charge on any atom is -0.457 e. The zero-order valence-electron chi connectivity index (χ0n) is 60.8. The van der Waals surface area contributed by atoms with Gasteiger partial charge in [0.05, 0.1) is 16.5 Å². The molecule has 9 heteroatoms. The Bertz CT molecular complexity index is 4530. The topological polar surface area (TPSA) is 96.3 Å². The number of fused-ring (bicyclic) bond motifs is 2. The molecule has 0 N–H and O–H groups in total. The maximum atomic E-state index is 15.7. The van der Waals surface area contributed by atoms with Gasteiger partial charge in [-0.3, -0.25) is 19.3 Å². The minimum atomic E-state index is -0.506. The summed E-state index contributed by atoms with van der Waals surface area (Å²) in [4.78, 5) is 48.0. The Morgan fingerprint density at radius 2 is 0.615 bits per heavy atom. The van der Waals surface area contributed by atoms with Crippen LogP contribution in [0.1, 0.15) is 207 Å². The summed E-state index contributed by atoms with van der Waals surface area (Å²) in [6.45, 7) is 58.2. The Hall–Kier alpha value is -8.69. The van der Waals surface area contributed by atoms with E-state index in [1.54, 1.807) is 28.9 Å². The summed E-state index contributed by atoms with van der Waals surface area (Å²) in [5.74, 6) is 2.49. The standard InChI is InChI=1S/C87H100N2O7/c1-24-42-88-52(3)61-44-65(93-57-34-26-53(27-35-57)84(16,17)48-80(4,5)6)71-73-67(95-59-38-30-55(31-39-59)86(20,21)50-82(10,11)12)46-63-70-64(79(92)89(43-25-2)78(63)91)47-68(96-60-40-32-56(33-41-60)87(22,23)51-83(13,14)15)74(76(70)73)72-66(45-62(77(88)90)69(61)75(71)72)94-58-36-28-54(29-37-58)85(18,19)49-81(7,8)9/h24-41,44-47H,1-3,42-43,48-51H2,4-23H3. The predicted molar refractivity (Wildman–Crippen MR) is 400 cm³/mol. The first-order valence-corrected chi connectivity index (χ1v) is 34.2. The summed E-state index contributed by atoms with van der Waals surface area (Å²) in [6, 6.07) is 40.3. The van der Waals surface area contributed by atoms with E-state index in [9.17, 15) is 0 Å². The van der Waals surface area contributed by atoms with Crippen LogP contribution in [-0.2, 0) is 28.2 Å². The maximum absolute atomic E-state index is 15.7. The molecule has 1 aliphatic heterocycles. The first kappa shape index (κ1) is 68.7. The number of nitrogens with zero attached hydrogens (tertiary/aromatic N) is 2. The van der Waals surface area contributed by atoms with Crippen molar-refractivity contribution >= 4 is 72.3 Å². The molecule has 0 saturated heterocycles. The zero-order valence-corrected chi connectivity index (χ0v) is 60.8. The fourth-order valence-electron chi connectivity index (χ4n) is 16.8. The van der Waals surface area contributed by atoms with Crippen molar-refractivity contribution in [2.24, 2.45) is 21.7 Å². The van der Waals surface area contributed by atoms with Gasteiger partial charge in [0, 0.05) is 66.9 Å². The van der Waals surface area contributed by atoms with E-state index >= 15 is 14.4 Å². The molecular weight excluding hydrogens is 1180 g/mol. The van der Waals surface area contributed by atoms with Crippen LogP contribution in [0, 0.1) is 21.7 Å². The van der Waals surface area contributed by atoms with Crippen LogP contribution < -0.4 is 29.9 Å². The van der Waals surface area contributed by atoms with E-state index < -0.39 is 11.8 Å². The Labute approximate surface area is 569 Å². The molecule has 1 aromatic heterocycles. The molecule has 1 aliphatic rings. The monoisotopic (exact) mass is 1280 g/mol. The van der Waals surface area contributed by atoms with E-state index in [0.717, 1.165) is 42.4 Å². The number of carbonyl (C=O) groups is 2. The lowest BCUT2D eigenvalue weighted by Crippen LogP contribution is -2.40. The van der Waals surface area contributed by atoms with Crippen molar-refractivity contribution in [2.45, 2.75) is 192 Å². The third-order valence-electron chi connectivity index (χ3n) is 19.2. The molecule has 0 bridgehead atoms. The van der Waals surface area contributed by atoms with Gasteiger partial charge in [-0.1, -0.05) is 206 Å². The molecule has 9 nitrogen and oxygen atoms in total. The fourth-order valence-corrected chi connectivity index (χ4v) is 16.8. The highest BCUT2D eigenvalue weighted by atomic mass is 16.5. The van der Waals surface area contributed by atoms with Crippen LogP contribution in [0.5, 0.6) is 46.0 Å². The number of allylic oxidation sites excluding steroid dienone is 1. The second kappa shape index (κ2) is 24.1. The van der Waals surface area contributed by atoms with Gasteiger partial charge in [0.25, 0.3) is 17.4 Å². The second-order valence-corrected chi connectivity index (χ2v) is 34.8. The molecule has 0 atom stereocenters. The molecular formula is C87H100N2O7. The maximum Gasteiger partial charge on any atom is 0.261 e. The number of aromatic nitrogens is 1. The van der Waals surface area contributed by atoms with E-state index in [1.807, 2.05) is 60.7 Å². The van der Waals surface area contributed by atoms with Crippen LogP contribution in [0.25, 0.3) is 60.4 Å². The average Bonchev–Trinajstić information content (AvgIpc) is 0.673. The molecule has 0 radical (unpaired) electrons. The molecule has 2 amide bonds. The molecule has 11 rings (SSSR count). The van der Waals surface area contributed by atoms with Crippen molar-refractivity contribution in [3.8, 4) is 46.0 Å². The lowest BCUT2D eigenvalue weighted by molar-refractivity contribution is 0.0628. The normalized spacial score (nSPS) is 13.9. The number of hydrogen-bond acceptors (Lipinski definition) is 7. The van der Waals surface area contributed by atoms with Gasteiger partial charge in [0.2, 0.25) is 0 Å². The van der Waals surface area contributed by atoms with Crippen molar-refractivity contribution < 1.29 is 28.5 Å². The largest absolute Gasteiger partial charge is 0.457 e. The Morgan fingerprint density at radius 1 is 0.344 bits per heavy atom. The van der Waals surface area contributed by atoms with Gasteiger partial charge < -0.3 is 23.5 Å². The number of ether oxygens (including phenoxy) is 4. The Kier molecular flexibility index (Phi) is 17.3. The molecule has 2 heterocycles. The molecule has 96 heavy (non-hydrogen) atoms. The summed E-state index contributed by atoms with van der Waals surface area (Å²) in [6.07, 6.45) is 7.04. The average molecular weight is 1290 g/mol. The smallest absolute Gasteiger partial charge is 0.261 e. The van der Waals surface area contributed by atoms with Crippen molar-refractivity contribution in [3.05, 3.63) is 196 Å². The Morgan fingerprint density at radius 3 is 0.896 bits per heavy atom. The van der Waals surface area contributed by atoms with Crippen LogP contribution in [0.15, 0.2) is 151 Å². The van der Waals surface area contributed by atoms with Crippen LogP contribution in [0.2, 0.25) is 0 Å². The SMILES string of the molecule is C=CCN1C(=O)c2cc(Oc3ccc(C(C)(C)CC(C)(C)C)cc3)c3c4c(Oc5ccc(C(C)(C)CC(C)(C)C)cc5)cc5c(=C)n(CC=C)c(=O)c6cc(Oc7ccc(C(C)(C)CC(C)(C)C)cc7)c(c7c(Oc8ccc(C(C)(C)CC(C)(C)C)cc8)cc(c2c37)C1=O)c4c56. The van der Waals surface area contributed by atoms with Gasteiger partial charge in [-0.05, 0) is 164 Å². The summed E-state index contributed by atoms with van der Waals surface area (Å²) < 4.78 is 31.3. The van der Waals surface area contributed by atoms with Gasteiger partial charge in [0.15, 0.2) is 0 Å². The van der Waals surface area contributed by atoms with Crippen molar-refractivity contribution in [3.63, 3.8) is 0 Å². The molecule has 0 unspecified atom stereocenters. The second-order valence-electron chi connectivity index (χ2n) is 34.8. The highest BCUT2D eigenvalue weighted by Gasteiger charge is 2.40. The molecule has 0 saturated carbocycles. The van der Waals surface area contributed by atoms with Crippen LogP contribution >= 0.6 is 0 Å². The quantitative estimate of drug-likeness (QED) is 0.0325. The highest BCUT2D eigenvalue weighted by Crippen LogP contribution is 2.58. The molecule has 9 aromatic carbocycles. The predicted octanol–water partition coefficient (Wildman–Crippen LogP) is 23.2. The van der Waals surface area contributed by atoms with Gasteiger partial charge in [-0.25, -0.2) is 0 Å². The highest BCUT2D eigenvalue weighted by molar-refractivity contribution is 6.44. The van der Waals surface area contributed by atoms with Crippen LogP contribution in [0.4, 0.5) is 0 Å². The fraction of sp³-hybridized carbons (Fsp3) is 0.391. The summed E-state index contributed by atoms with van der Waals surface area (Å²) >= 11 is 0. The summed E-state index contributed by atoms with van der Waals surface area (Å²) in [7, 11) is 0. The van der Waals surface area contributed by atoms with Gasteiger partial charge in [0.1, 0.15) is 46.0 Å². The van der Waals surface area contributed by atoms with Crippen LogP contribution in [0.3, 0.4) is 0 Å². The Balaban J connectivity index is 1.32. The van der Waals surface area contributed by atoms with Crippen molar-refractivity contribution in [1.82, 2.24) is 9.47 Å². The molecule has 0 aliphatic carbocycles. The van der Waals surface area contributed by atoms with E-state index in [-0.39, 0.29) is 73.1 Å². The zero-order chi connectivity index (χ0) is 69.9. The molecule has 10 aromatic rings. The molecule has 500 valence electrons. The third kappa shape index (κ3) is 13.3. The number of amides is 2. The minimum absolute atomic E-state index is 0.0467. The van der Waals surface area contributed by atoms with E-state index in [2.05, 4.69) is 207 Å². The van der Waals surface area contributed by atoms with E-state index in [1.165, 1.54) is 10.5 Å².